The Morgan fingerprint density at radius 2 is 2.46 bits per heavy atom. The van der Waals surface area contributed by atoms with Crippen LogP contribution in [0.4, 0.5) is 0 Å². The van der Waals surface area contributed by atoms with Gasteiger partial charge in [-0.1, -0.05) is 5.21 Å². The Labute approximate surface area is 75.8 Å². The fraction of sp³-hybridized carbons (Fsp3) is 0.375. The van der Waals surface area contributed by atoms with E-state index in [0.717, 1.165) is 18.7 Å². The summed E-state index contributed by atoms with van der Waals surface area (Å²) >= 11 is 0. The van der Waals surface area contributed by atoms with Crippen LogP contribution in [0.1, 0.15) is 11.3 Å². The maximum absolute atomic E-state index is 3.95. The van der Waals surface area contributed by atoms with Gasteiger partial charge in [0.2, 0.25) is 0 Å². The number of hydrogen-bond donors (Lipinski definition) is 1. The number of hydrogen-bond acceptors (Lipinski definition) is 3. The fourth-order valence-electron chi connectivity index (χ4n) is 1.16. The van der Waals surface area contributed by atoms with E-state index in [1.165, 1.54) is 5.56 Å². The molecule has 68 valence electrons. The third-order valence-corrected chi connectivity index (χ3v) is 1.84. The van der Waals surface area contributed by atoms with Crippen LogP contribution >= 0.6 is 0 Å². The second-order valence-electron chi connectivity index (χ2n) is 2.98. The number of aromatic amines is 1. The minimum Gasteiger partial charge on any atom is -0.285 e. The molecule has 0 spiro atoms. The maximum atomic E-state index is 3.95. The maximum Gasteiger partial charge on any atom is 0.0796 e. The van der Waals surface area contributed by atoms with Crippen LogP contribution in [0.2, 0.25) is 0 Å². The Hall–Kier alpha value is -1.65. The summed E-state index contributed by atoms with van der Waals surface area (Å²) in [7, 11) is 0. The predicted molar refractivity (Wildman–Crippen MR) is 47.1 cm³/mol. The summed E-state index contributed by atoms with van der Waals surface area (Å²) in [5, 5.41) is 14.5. The summed E-state index contributed by atoms with van der Waals surface area (Å²) in [5.41, 5.74) is 2.14. The van der Waals surface area contributed by atoms with Gasteiger partial charge in [-0.15, -0.1) is 5.10 Å². The largest absolute Gasteiger partial charge is 0.285 e. The van der Waals surface area contributed by atoms with Crippen molar-refractivity contribution in [2.45, 2.75) is 19.9 Å². The standard InChI is InChI=1S/C8H11N5/c1-7-6-13(12-11-7)3-2-8-4-9-10-5-8/h4-6H,2-3H2,1H3,(H,9,10). The van der Waals surface area contributed by atoms with E-state index in [-0.39, 0.29) is 0 Å². The first-order chi connectivity index (χ1) is 6.34. The van der Waals surface area contributed by atoms with Crippen molar-refractivity contribution in [3.8, 4) is 0 Å². The molecule has 0 aliphatic heterocycles. The van der Waals surface area contributed by atoms with E-state index in [2.05, 4.69) is 20.5 Å². The van der Waals surface area contributed by atoms with Crippen molar-refractivity contribution in [1.82, 2.24) is 25.2 Å². The van der Waals surface area contributed by atoms with E-state index >= 15 is 0 Å². The minimum absolute atomic E-state index is 0.848. The molecule has 0 bridgehead atoms. The number of rotatable bonds is 3. The Balaban J connectivity index is 1.93. The molecule has 5 nitrogen and oxygen atoms in total. The molecule has 13 heavy (non-hydrogen) atoms. The number of H-pyrrole nitrogens is 1. The van der Waals surface area contributed by atoms with Crippen LogP contribution in [-0.2, 0) is 13.0 Å². The van der Waals surface area contributed by atoms with Crippen molar-refractivity contribution < 1.29 is 0 Å². The molecular formula is C8H11N5. The first-order valence-corrected chi connectivity index (χ1v) is 4.19. The van der Waals surface area contributed by atoms with Crippen molar-refractivity contribution in [1.29, 1.82) is 0 Å². The molecule has 2 heterocycles. The topological polar surface area (TPSA) is 59.4 Å². The summed E-state index contributed by atoms with van der Waals surface area (Å²) in [6.45, 7) is 2.78. The number of nitrogens with zero attached hydrogens (tertiary/aromatic N) is 4. The lowest BCUT2D eigenvalue weighted by Gasteiger charge is -1.96. The normalized spacial score (nSPS) is 10.5. The lowest BCUT2D eigenvalue weighted by Crippen LogP contribution is -2.01. The lowest BCUT2D eigenvalue weighted by molar-refractivity contribution is 0.589. The van der Waals surface area contributed by atoms with Crippen LogP contribution in [-0.4, -0.2) is 25.2 Å². The summed E-state index contributed by atoms with van der Waals surface area (Å²) < 4.78 is 1.84. The summed E-state index contributed by atoms with van der Waals surface area (Å²) in [6, 6.07) is 0. The third-order valence-electron chi connectivity index (χ3n) is 1.84. The molecule has 1 N–H and O–H groups in total. The fourth-order valence-corrected chi connectivity index (χ4v) is 1.16. The molecule has 0 aromatic carbocycles. The first kappa shape index (κ1) is 7.97. The molecule has 0 radical (unpaired) electrons. The quantitative estimate of drug-likeness (QED) is 0.744. The molecule has 0 atom stereocenters. The van der Waals surface area contributed by atoms with E-state index in [0.29, 0.717) is 0 Å². The predicted octanol–water partition coefficient (Wildman–Crippen LogP) is 0.552. The third kappa shape index (κ3) is 1.93. The van der Waals surface area contributed by atoms with Crippen LogP contribution in [0.5, 0.6) is 0 Å². The molecular weight excluding hydrogens is 166 g/mol. The van der Waals surface area contributed by atoms with Crippen LogP contribution in [0, 0.1) is 6.92 Å². The molecule has 2 aromatic heterocycles. The summed E-state index contributed by atoms with van der Waals surface area (Å²) in [6.07, 6.45) is 6.58. The van der Waals surface area contributed by atoms with E-state index in [4.69, 9.17) is 0 Å². The van der Waals surface area contributed by atoms with Crippen molar-refractivity contribution in [3.05, 3.63) is 29.8 Å². The van der Waals surface area contributed by atoms with Crippen molar-refractivity contribution >= 4 is 0 Å². The zero-order valence-corrected chi connectivity index (χ0v) is 7.44. The molecule has 0 saturated carbocycles. The molecule has 0 fully saturated rings. The zero-order chi connectivity index (χ0) is 9.10. The molecule has 2 aromatic rings. The monoisotopic (exact) mass is 177 g/mol. The zero-order valence-electron chi connectivity index (χ0n) is 7.44. The lowest BCUT2D eigenvalue weighted by atomic mass is 10.2. The Bertz CT molecular complexity index is 362. The van der Waals surface area contributed by atoms with Crippen LogP contribution < -0.4 is 0 Å². The highest BCUT2D eigenvalue weighted by atomic mass is 15.4. The average molecular weight is 177 g/mol. The molecule has 0 unspecified atom stereocenters. The summed E-state index contributed by atoms with van der Waals surface area (Å²) in [5.74, 6) is 0. The molecule has 0 aliphatic carbocycles. The first-order valence-electron chi connectivity index (χ1n) is 4.19. The molecule has 2 rings (SSSR count). The molecule has 5 heteroatoms. The Kier molecular flexibility index (Phi) is 2.08. The van der Waals surface area contributed by atoms with Gasteiger partial charge in [0.15, 0.2) is 0 Å². The number of aryl methyl sites for hydroxylation is 3. The van der Waals surface area contributed by atoms with Gasteiger partial charge in [0.1, 0.15) is 0 Å². The SMILES string of the molecule is Cc1cn(CCc2cn[nH]c2)nn1. The summed E-state index contributed by atoms with van der Waals surface area (Å²) in [4.78, 5) is 0. The van der Waals surface area contributed by atoms with Gasteiger partial charge in [0.05, 0.1) is 11.9 Å². The van der Waals surface area contributed by atoms with Gasteiger partial charge in [-0.05, 0) is 18.9 Å². The van der Waals surface area contributed by atoms with Gasteiger partial charge >= 0.3 is 0 Å². The Morgan fingerprint density at radius 3 is 3.08 bits per heavy atom. The molecule has 0 aliphatic rings. The second kappa shape index (κ2) is 3.38. The van der Waals surface area contributed by atoms with Gasteiger partial charge in [0.25, 0.3) is 0 Å². The van der Waals surface area contributed by atoms with E-state index < -0.39 is 0 Å². The molecule has 0 amide bonds. The van der Waals surface area contributed by atoms with Gasteiger partial charge in [0, 0.05) is 18.9 Å². The van der Waals surface area contributed by atoms with E-state index in [1.807, 2.05) is 30.2 Å². The Morgan fingerprint density at radius 1 is 1.54 bits per heavy atom. The average Bonchev–Trinajstić information content (AvgIpc) is 2.71. The highest BCUT2D eigenvalue weighted by Crippen LogP contribution is 1.98. The van der Waals surface area contributed by atoms with E-state index in [9.17, 15) is 0 Å². The highest BCUT2D eigenvalue weighted by Gasteiger charge is 1.97. The number of aromatic nitrogens is 5. The minimum atomic E-state index is 0.848. The number of nitrogens with one attached hydrogen (secondary N) is 1. The smallest absolute Gasteiger partial charge is 0.0796 e. The van der Waals surface area contributed by atoms with Gasteiger partial charge in [-0.3, -0.25) is 9.78 Å². The van der Waals surface area contributed by atoms with Crippen molar-refractivity contribution in [2.24, 2.45) is 0 Å². The van der Waals surface area contributed by atoms with Crippen LogP contribution in [0.3, 0.4) is 0 Å². The highest BCUT2D eigenvalue weighted by molar-refractivity contribution is 5.02. The van der Waals surface area contributed by atoms with E-state index in [1.54, 1.807) is 0 Å². The van der Waals surface area contributed by atoms with Crippen LogP contribution in [0.25, 0.3) is 0 Å². The van der Waals surface area contributed by atoms with Crippen molar-refractivity contribution in [3.63, 3.8) is 0 Å². The molecule has 0 saturated heterocycles. The van der Waals surface area contributed by atoms with Gasteiger partial charge in [-0.25, -0.2) is 0 Å². The van der Waals surface area contributed by atoms with Crippen LogP contribution in [0.15, 0.2) is 18.6 Å². The van der Waals surface area contributed by atoms with Gasteiger partial charge < -0.3 is 0 Å². The van der Waals surface area contributed by atoms with Gasteiger partial charge in [-0.2, -0.15) is 5.10 Å². The van der Waals surface area contributed by atoms with Crippen molar-refractivity contribution in [2.75, 3.05) is 0 Å². The second-order valence-corrected chi connectivity index (χ2v) is 2.98.